The van der Waals surface area contributed by atoms with Crippen LogP contribution in [0.2, 0.25) is 0 Å². The maximum atomic E-state index is 12.4. The molecule has 0 unspecified atom stereocenters. The Bertz CT molecular complexity index is 971. The Balaban J connectivity index is 1.72. The van der Waals surface area contributed by atoms with Crippen molar-refractivity contribution in [3.05, 3.63) is 83.9 Å². The summed E-state index contributed by atoms with van der Waals surface area (Å²) in [4.78, 5) is 26.6. The van der Waals surface area contributed by atoms with Crippen molar-refractivity contribution in [1.82, 2.24) is 0 Å². The molecule has 4 nitrogen and oxygen atoms in total. The Morgan fingerprint density at radius 1 is 0.741 bits per heavy atom. The SMILES string of the molecule is Cc1ccc(C)c(NC(=O)C(=O)Nc2ccccc2Sc2ccccc2)c1. The molecule has 0 saturated carbocycles. The summed E-state index contributed by atoms with van der Waals surface area (Å²) in [5.41, 5.74) is 3.16. The summed E-state index contributed by atoms with van der Waals surface area (Å²) >= 11 is 1.53. The monoisotopic (exact) mass is 376 g/mol. The third kappa shape index (κ3) is 4.99. The maximum Gasteiger partial charge on any atom is 0.314 e. The van der Waals surface area contributed by atoms with Crippen LogP contribution in [-0.4, -0.2) is 11.8 Å². The summed E-state index contributed by atoms with van der Waals surface area (Å²) in [5.74, 6) is -1.39. The molecule has 0 bridgehead atoms. The zero-order chi connectivity index (χ0) is 19.2. The molecule has 0 aliphatic heterocycles. The molecule has 0 saturated heterocycles. The number of anilines is 2. The van der Waals surface area contributed by atoms with Crippen molar-refractivity contribution in [2.75, 3.05) is 10.6 Å². The predicted octanol–water partition coefficient (Wildman–Crippen LogP) is 5.03. The molecule has 3 rings (SSSR count). The van der Waals surface area contributed by atoms with E-state index < -0.39 is 11.8 Å². The number of carbonyl (C=O) groups is 2. The number of para-hydroxylation sites is 1. The molecule has 3 aromatic rings. The first kappa shape index (κ1) is 18.7. The standard InChI is InChI=1S/C22H20N2O2S/c1-15-12-13-16(2)19(14-15)24-22(26)21(25)23-18-10-6-7-11-20(18)27-17-8-4-3-5-9-17/h3-14H,1-2H3,(H,23,25)(H,24,26). The molecular formula is C22H20N2O2S. The van der Waals surface area contributed by atoms with Gasteiger partial charge in [-0.3, -0.25) is 9.59 Å². The van der Waals surface area contributed by atoms with Crippen LogP contribution in [0.4, 0.5) is 11.4 Å². The number of hydrogen-bond acceptors (Lipinski definition) is 3. The van der Waals surface area contributed by atoms with Crippen LogP contribution in [0.5, 0.6) is 0 Å². The molecule has 136 valence electrons. The van der Waals surface area contributed by atoms with Gasteiger partial charge in [0, 0.05) is 15.5 Å². The van der Waals surface area contributed by atoms with Crippen molar-refractivity contribution >= 4 is 35.0 Å². The molecule has 2 amide bonds. The fraction of sp³-hybridized carbons (Fsp3) is 0.0909. The summed E-state index contributed by atoms with van der Waals surface area (Å²) in [6.07, 6.45) is 0. The van der Waals surface area contributed by atoms with Crippen LogP contribution < -0.4 is 10.6 Å². The second-order valence-electron chi connectivity index (χ2n) is 6.14. The summed E-state index contributed by atoms with van der Waals surface area (Å²) in [6.45, 7) is 3.82. The van der Waals surface area contributed by atoms with E-state index in [0.29, 0.717) is 11.4 Å². The van der Waals surface area contributed by atoms with E-state index >= 15 is 0 Å². The minimum absolute atomic E-state index is 0.604. The zero-order valence-electron chi connectivity index (χ0n) is 15.2. The van der Waals surface area contributed by atoms with Gasteiger partial charge in [-0.25, -0.2) is 0 Å². The fourth-order valence-corrected chi connectivity index (χ4v) is 3.43. The van der Waals surface area contributed by atoms with E-state index in [-0.39, 0.29) is 0 Å². The molecule has 0 fully saturated rings. The Morgan fingerprint density at radius 3 is 2.11 bits per heavy atom. The minimum Gasteiger partial charge on any atom is -0.318 e. The van der Waals surface area contributed by atoms with Crippen molar-refractivity contribution in [3.63, 3.8) is 0 Å². The number of aryl methyl sites for hydroxylation is 2. The average Bonchev–Trinajstić information content (AvgIpc) is 2.67. The smallest absolute Gasteiger partial charge is 0.314 e. The first-order valence-electron chi connectivity index (χ1n) is 8.54. The van der Waals surface area contributed by atoms with Gasteiger partial charge < -0.3 is 10.6 Å². The number of amides is 2. The minimum atomic E-state index is -0.697. The zero-order valence-corrected chi connectivity index (χ0v) is 16.0. The largest absolute Gasteiger partial charge is 0.318 e. The number of nitrogens with one attached hydrogen (secondary N) is 2. The Morgan fingerprint density at radius 2 is 1.37 bits per heavy atom. The quantitative estimate of drug-likeness (QED) is 0.628. The number of hydrogen-bond donors (Lipinski definition) is 2. The van der Waals surface area contributed by atoms with Crippen LogP contribution in [0.25, 0.3) is 0 Å². The second kappa shape index (κ2) is 8.56. The predicted molar refractivity (Wildman–Crippen MR) is 110 cm³/mol. The lowest BCUT2D eigenvalue weighted by atomic mass is 10.1. The first-order valence-corrected chi connectivity index (χ1v) is 9.36. The third-order valence-electron chi connectivity index (χ3n) is 3.95. The van der Waals surface area contributed by atoms with Gasteiger partial charge in [-0.1, -0.05) is 54.2 Å². The lowest BCUT2D eigenvalue weighted by molar-refractivity contribution is -0.133. The highest BCUT2D eigenvalue weighted by molar-refractivity contribution is 7.99. The fourth-order valence-electron chi connectivity index (χ4n) is 2.50. The van der Waals surface area contributed by atoms with Crippen LogP contribution >= 0.6 is 11.8 Å². The van der Waals surface area contributed by atoms with Gasteiger partial charge in [0.25, 0.3) is 0 Å². The highest BCUT2D eigenvalue weighted by Crippen LogP contribution is 2.33. The van der Waals surface area contributed by atoms with E-state index in [1.807, 2.05) is 80.6 Å². The summed E-state index contributed by atoms with van der Waals surface area (Å²) in [7, 11) is 0. The van der Waals surface area contributed by atoms with Crippen LogP contribution in [0.3, 0.4) is 0 Å². The van der Waals surface area contributed by atoms with Crippen LogP contribution in [0.15, 0.2) is 82.6 Å². The molecule has 0 spiro atoms. The second-order valence-corrected chi connectivity index (χ2v) is 7.25. The highest BCUT2D eigenvalue weighted by Gasteiger charge is 2.16. The van der Waals surface area contributed by atoms with Crippen LogP contribution in [-0.2, 0) is 9.59 Å². The normalized spacial score (nSPS) is 10.3. The van der Waals surface area contributed by atoms with Crippen LogP contribution in [0.1, 0.15) is 11.1 Å². The number of carbonyl (C=O) groups excluding carboxylic acids is 2. The molecule has 27 heavy (non-hydrogen) atoms. The van der Waals surface area contributed by atoms with E-state index in [1.165, 1.54) is 11.8 Å². The molecule has 0 atom stereocenters. The van der Waals surface area contributed by atoms with Gasteiger partial charge in [-0.05, 0) is 55.3 Å². The van der Waals surface area contributed by atoms with Gasteiger partial charge in [0.2, 0.25) is 0 Å². The van der Waals surface area contributed by atoms with Gasteiger partial charge in [-0.2, -0.15) is 0 Å². The highest BCUT2D eigenvalue weighted by atomic mass is 32.2. The molecule has 0 aliphatic rings. The lowest BCUT2D eigenvalue weighted by Crippen LogP contribution is -2.29. The number of benzene rings is 3. The van der Waals surface area contributed by atoms with E-state index in [4.69, 9.17) is 0 Å². The van der Waals surface area contributed by atoms with Crippen molar-refractivity contribution in [3.8, 4) is 0 Å². The van der Waals surface area contributed by atoms with Crippen molar-refractivity contribution in [1.29, 1.82) is 0 Å². The van der Waals surface area contributed by atoms with Gasteiger partial charge in [-0.15, -0.1) is 0 Å². The number of rotatable bonds is 4. The maximum absolute atomic E-state index is 12.4. The van der Waals surface area contributed by atoms with E-state index in [2.05, 4.69) is 10.6 Å². The molecule has 0 aliphatic carbocycles. The van der Waals surface area contributed by atoms with Crippen LogP contribution in [0, 0.1) is 13.8 Å². The molecule has 3 aromatic carbocycles. The van der Waals surface area contributed by atoms with E-state index in [9.17, 15) is 9.59 Å². The molecule has 0 aromatic heterocycles. The Kier molecular flexibility index (Phi) is 5.94. The summed E-state index contributed by atoms with van der Waals surface area (Å²) in [6, 6.07) is 23.0. The molecule has 0 radical (unpaired) electrons. The molecule has 5 heteroatoms. The first-order chi connectivity index (χ1) is 13.0. The van der Waals surface area contributed by atoms with E-state index in [0.717, 1.165) is 20.9 Å². The van der Waals surface area contributed by atoms with Crippen molar-refractivity contribution < 1.29 is 9.59 Å². The summed E-state index contributed by atoms with van der Waals surface area (Å²) in [5, 5.41) is 5.40. The van der Waals surface area contributed by atoms with Crippen molar-refractivity contribution in [2.24, 2.45) is 0 Å². The summed E-state index contributed by atoms with van der Waals surface area (Å²) < 4.78 is 0. The Labute approximate surface area is 163 Å². The topological polar surface area (TPSA) is 58.2 Å². The van der Waals surface area contributed by atoms with Gasteiger partial charge in [0.15, 0.2) is 0 Å². The Hall–Kier alpha value is -3.05. The van der Waals surface area contributed by atoms with Crippen molar-refractivity contribution in [2.45, 2.75) is 23.6 Å². The van der Waals surface area contributed by atoms with Gasteiger partial charge >= 0.3 is 11.8 Å². The molecule has 2 N–H and O–H groups in total. The lowest BCUT2D eigenvalue weighted by Gasteiger charge is -2.12. The van der Waals surface area contributed by atoms with Gasteiger partial charge in [0.05, 0.1) is 5.69 Å². The molecular weight excluding hydrogens is 356 g/mol. The molecule has 0 heterocycles. The average molecular weight is 376 g/mol. The van der Waals surface area contributed by atoms with E-state index in [1.54, 1.807) is 6.07 Å². The third-order valence-corrected chi connectivity index (χ3v) is 5.04. The van der Waals surface area contributed by atoms with Gasteiger partial charge in [0.1, 0.15) is 0 Å².